The van der Waals surface area contributed by atoms with Gasteiger partial charge in [-0.15, -0.1) is 0 Å². The molecule has 0 heterocycles. The Hall–Kier alpha value is -1.59. The van der Waals surface area contributed by atoms with Gasteiger partial charge >= 0.3 is 6.18 Å². The highest BCUT2D eigenvalue weighted by molar-refractivity contribution is 5.88. The first-order valence-electron chi connectivity index (χ1n) is 5.56. The first kappa shape index (κ1) is 15.5. The van der Waals surface area contributed by atoms with Crippen LogP contribution in [0.1, 0.15) is 25.8 Å². The van der Waals surface area contributed by atoms with Gasteiger partial charge in [-0.1, -0.05) is 13.8 Å². The van der Waals surface area contributed by atoms with Crippen LogP contribution < -0.4 is 4.74 Å². The number of alkyl halides is 3. The van der Waals surface area contributed by atoms with Gasteiger partial charge in [0.05, 0.1) is 7.11 Å². The third kappa shape index (κ3) is 3.68. The highest BCUT2D eigenvalue weighted by Crippen LogP contribution is 2.37. The van der Waals surface area contributed by atoms with Crippen LogP contribution >= 0.6 is 0 Å². The topological polar surface area (TPSA) is 33.1 Å². The summed E-state index contributed by atoms with van der Waals surface area (Å²) in [6.45, 7) is 3.04. The molecular formula is C13H15F4NO. The van der Waals surface area contributed by atoms with Gasteiger partial charge in [-0.05, 0) is 23.6 Å². The normalized spacial score (nSPS) is 12.4. The fourth-order valence-electron chi connectivity index (χ4n) is 1.85. The molecule has 1 rings (SSSR count). The van der Waals surface area contributed by atoms with E-state index in [1.807, 2.05) is 0 Å². The standard InChI is InChI=1S/C13H15F4NO/c1-12(2,7-11(18)13(15,16)17)9-6-8(14)4-5-10(9)19-3/h4-6,18H,7H2,1-3H3. The molecule has 19 heavy (non-hydrogen) atoms. The number of nitrogens with one attached hydrogen (secondary N) is 1. The van der Waals surface area contributed by atoms with Crippen molar-refractivity contribution in [2.75, 3.05) is 7.11 Å². The number of methoxy groups -OCH3 is 1. The minimum Gasteiger partial charge on any atom is -0.496 e. The molecule has 0 bridgehead atoms. The van der Waals surface area contributed by atoms with E-state index in [9.17, 15) is 17.6 Å². The zero-order valence-corrected chi connectivity index (χ0v) is 10.9. The lowest BCUT2D eigenvalue weighted by Gasteiger charge is -2.28. The molecular weight excluding hydrogens is 262 g/mol. The van der Waals surface area contributed by atoms with E-state index in [4.69, 9.17) is 10.1 Å². The summed E-state index contributed by atoms with van der Waals surface area (Å²) in [7, 11) is 1.36. The first-order chi connectivity index (χ1) is 8.58. The van der Waals surface area contributed by atoms with Crippen molar-refractivity contribution in [3.63, 3.8) is 0 Å². The van der Waals surface area contributed by atoms with Gasteiger partial charge in [0.2, 0.25) is 0 Å². The van der Waals surface area contributed by atoms with Crippen molar-refractivity contribution >= 4 is 5.71 Å². The second kappa shape index (κ2) is 5.19. The van der Waals surface area contributed by atoms with Crippen molar-refractivity contribution in [3.05, 3.63) is 29.6 Å². The highest BCUT2D eigenvalue weighted by Gasteiger charge is 2.39. The second-order valence-corrected chi connectivity index (χ2v) is 4.88. The molecule has 0 saturated carbocycles. The van der Waals surface area contributed by atoms with Crippen LogP contribution in [-0.4, -0.2) is 19.0 Å². The Morgan fingerprint density at radius 1 is 1.26 bits per heavy atom. The van der Waals surface area contributed by atoms with Crippen molar-refractivity contribution < 1.29 is 22.3 Å². The van der Waals surface area contributed by atoms with Crippen LogP contribution in [0.25, 0.3) is 0 Å². The van der Waals surface area contributed by atoms with Crippen molar-refractivity contribution in [1.29, 1.82) is 5.41 Å². The van der Waals surface area contributed by atoms with Crippen molar-refractivity contribution in [1.82, 2.24) is 0 Å². The quantitative estimate of drug-likeness (QED) is 0.652. The van der Waals surface area contributed by atoms with Gasteiger partial charge in [0.15, 0.2) is 0 Å². The van der Waals surface area contributed by atoms with E-state index >= 15 is 0 Å². The van der Waals surface area contributed by atoms with Crippen LogP contribution in [0.5, 0.6) is 5.75 Å². The van der Waals surface area contributed by atoms with Crippen LogP contribution in [0.4, 0.5) is 17.6 Å². The molecule has 2 nitrogen and oxygen atoms in total. The van der Waals surface area contributed by atoms with Gasteiger partial charge < -0.3 is 10.1 Å². The Kier molecular flexibility index (Phi) is 4.22. The molecule has 0 aliphatic carbocycles. The second-order valence-electron chi connectivity index (χ2n) is 4.88. The maximum Gasteiger partial charge on any atom is 0.428 e. The number of hydrogen-bond acceptors (Lipinski definition) is 2. The van der Waals surface area contributed by atoms with E-state index in [1.165, 1.54) is 33.1 Å². The molecule has 0 amide bonds. The van der Waals surface area contributed by atoms with Crippen molar-refractivity contribution in [2.24, 2.45) is 0 Å². The maximum absolute atomic E-state index is 13.3. The average molecular weight is 277 g/mol. The molecule has 6 heteroatoms. The lowest BCUT2D eigenvalue weighted by Crippen LogP contribution is -2.30. The molecule has 0 aliphatic heterocycles. The number of halogens is 4. The molecule has 1 N–H and O–H groups in total. The largest absolute Gasteiger partial charge is 0.496 e. The molecule has 1 aromatic carbocycles. The first-order valence-corrected chi connectivity index (χ1v) is 5.56. The van der Waals surface area contributed by atoms with E-state index in [0.717, 1.165) is 6.07 Å². The van der Waals surface area contributed by atoms with Crippen molar-refractivity contribution in [3.8, 4) is 5.75 Å². The summed E-state index contributed by atoms with van der Waals surface area (Å²) < 4.78 is 55.6. The predicted octanol–water partition coefficient (Wildman–Crippen LogP) is 4.08. The van der Waals surface area contributed by atoms with Gasteiger partial charge in [-0.3, -0.25) is 0 Å². The van der Waals surface area contributed by atoms with Gasteiger partial charge in [0, 0.05) is 12.0 Å². The molecule has 0 radical (unpaired) electrons. The average Bonchev–Trinajstić information content (AvgIpc) is 2.27. The monoisotopic (exact) mass is 277 g/mol. The summed E-state index contributed by atoms with van der Waals surface area (Å²) in [4.78, 5) is 0. The molecule has 1 aromatic rings. The fourth-order valence-corrected chi connectivity index (χ4v) is 1.85. The molecule has 0 atom stereocenters. The van der Waals surface area contributed by atoms with Gasteiger partial charge in [0.25, 0.3) is 0 Å². The Labute approximate surface area is 108 Å². The van der Waals surface area contributed by atoms with Gasteiger partial charge in [0.1, 0.15) is 17.3 Å². The number of benzene rings is 1. The Morgan fingerprint density at radius 2 is 1.84 bits per heavy atom. The summed E-state index contributed by atoms with van der Waals surface area (Å²) in [5, 5.41) is 7.07. The number of rotatable bonds is 4. The van der Waals surface area contributed by atoms with Crippen LogP contribution in [-0.2, 0) is 5.41 Å². The molecule has 0 spiro atoms. The van der Waals surface area contributed by atoms with E-state index < -0.39 is 29.5 Å². The number of ether oxygens (including phenoxy) is 1. The van der Waals surface area contributed by atoms with Crippen molar-refractivity contribution in [2.45, 2.75) is 31.9 Å². The van der Waals surface area contributed by atoms with E-state index in [2.05, 4.69) is 0 Å². The van der Waals surface area contributed by atoms with Crippen LogP contribution in [0.15, 0.2) is 18.2 Å². The summed E-state index contributed by atoms with van der Waals surface area (Å²) in [6, 6.07) is 3.68. The Bertz CT molecular complexity index is 480. The summed E-state index contributed by atoms with van der Waals surface area (Å²) in [5.74, 6) is -0.246. The molecule has 0 saturated heterocycles. The summed E-state index contributed by atoms with van der Waals surface area (Å²) in [6.07, 6.45) is -5.21. The smallest absolute Gasteiger partial charge is 0.428 e. The summed E-state index contributed by atoms with van der Waals surface area (Å²) >= 11 is 0. The van der Waals surface area contributed by atoms with Gasteiger partial charge in [-0.25, -0.2) is 4.39 Å². The summed E-state index contributed by atoms with van der Waals surface area (Å²) in [5.41, 5.74) is -2.09. The zero-order valence-electron chi connectivity index (χ0n) is 10.9. The zero-order chi connectivity index (χ0) is 14.8. The van der Waals surface area contributed by atoms with E-state index in [1.54, 1.807) is 0 Å². The van der Waals surface area contributed by atoms with E-state index in [-0.39, 0.29) is 0 Å². The molecule has 0 aliphatic rings. The predicted molar refractivity (Wildman–Crippen MR) is 64.4 cm³/mol. The maximum atomic E-state index is 13.3. The lowest BCUT2D eigenvalue weighted by atomic mass is 9.79. The molecule has 106 valence electrons. The third-order valence-corrected chi connectivity index (χ3v) is 2.85. The van der Waals surface area contributed by atoms with Crippen LogP contribution in [0.3, 0.4) is 0 Å². The minimum atomic E-state index is -4.67. The molecule has 0 unspecified atom stereocenters. The van der Waals surface area contributed by atoms with Crippen LogP contribution in [0.2, 0.25) is 0 Å². The Morgan fingerprint density at radius 3 is 2.32 bits per heavy atom. The Balaban J connectivity index is 3.13. The van der Waals surface area contributed by atoms with E-state index in [0.29, 0.717) is 11.3 Å². The molecule has 0 aromatic heterocycles. The SMILES string of the molecule is COc1ccc(F)cc1C(C)(C)CC(=N)C(F)(F)F. The minimum absolute atomic E-state index is 0.307. The number of hydrogen-bond donors (Lipinski definition) is 1. The van der Waals surface area contributed by atoms with Crippen LogP contribution in [0, 0.1) is 11.2 Å². The molecule has 0 fully saturated rings. The highest BCUT2D eigenvalue weighted by atomic mass is 19.4. The lowest BCUT2D eigenvalue weighted by molar-refractivity contribution is -0.0621. The van der Waals surface area contributed by atoms with Gasteiger partial charge in [-0.2, -0.15) is 13.2 Å². The third-order valence-electron chi connectivity index (χ3n) is 2.85. The fraction of sp³-hybridized carbons (Fsp3) is 0.462.